The van der Waals surface area contributed by atoms with Gasteiger partial charge in [-0.25, -0.2) is 0 Å². The van der Waals surface area contributed by atoms with Crippen molar-refractivity contribution in [1.29, 1.82) is 0 Å². The summed E-state index contributed by atoms with van der Waals surface area (Å²) in [6.07, 6.45) is -3.50. The van der Waals surface area contributed by atoms with Crippen molar-refractivity contribution in [1.82, 2.24) is 5.32 Å². The van der Waals surface area contributed by atoms with Crippen LogP contribution in [-0.4, -0.2) is 72.4 Å². The number of nitrogens with one attached hydrogen (secondary N) is 1. The molecule has 0 spiro atoms. The molecule has 2 aliphatic rings. The molecule has 0 bridgehead atoms. The Morgan fingerprint density at radius 2 is 1.79 bits per heavy atom. The maximum absolute atomic E-state index is 13.0. The van der Waals surface area contributed by atoms with Crippen molar-refractivity contribution < 1.29 is 39.1 Å². The van der Waals surface area contributed by atoms with Crippen LogP contribution in [0.3, 0.4) is 0 Å². The third kappa shape index (κ3) is 5.21. The number of carbonyl (C=O) groups is 1. The molecule has 0 radical (unpaired) electrons. The number of rotatable bonds is 6. The highest BCUT2D eigenvalue weighted by Gasteiger charge is 2.43. The van der Waals surface area contributed by atoms with E-state index in [1.807, 2.05) is 12.3 Å². The predicted molar refractivity (Wildman–Crippen MR) is 141 cm³/mol. The van der Waals surface area contributed by atoms with Gasteiger partial charge in [-0.1, -0.05) is 6.07 Å². The van der Waals surface area contributed by atoms with E-state index in [9.17, 15) is 24.9 Å². The molecule has 0 aromatic heterocycles. The zero-order valence-corrected chi connectivity index (χ0v) is 22.7. The van der Waals surface area contributed by atoms with Gasteiger partial charge >= 0.3 is 0 Å². The maximum Gasteiger partial charge on any atom is 0.229 e. The lowest BCUT2D eigenvalue weighted by molar-refractivity contribution is -0.268. The first-order valence-electron chi connectivity index (χ1n) is 12.2. The molecule has 1 amide bonds. The predicted octanol–water partition coefficient (Wildman–Crippen LogP) is 1.78. The monoisotopic (exact) mass is 547 g/mol. The van der Waals surface area contributed by atoms with Gasteiger partial charge in [0, 0.05) is 12.5 Å². The Bertz CT molecular complexity index is 1270. The summed E-state index contributed by atoms with van der Waals surface area (Å²) in [6, 6.07) is 6.48. The van der Waals surface area contributed by atoms with Crippen LogP contribution in [0.2, 0.25) is 0 Å². The number of benzene rings is 1. The first-order chi connectivity index (χ1) is 18.1. The number of methoxy groups -OCH3 is 2. The van der Waals surface area contributed by atoms with E-state index in [1.165, 1.54) is 32.9 Å². The van der Waals surface area contributed by atoms with Crippen LogP contribution in [0.25, 0.3) is 11.1 Å². The fourth-order valence-corrected chi connectivity index (χ4v) is 5.50. The number of aryl methyl sites for hydroxylation is 1. The summed E-state index contributed by atoms with van der Waals surface area (Å²) in [5.41, 5.74) is 2.71. The Morgan fingerprint density at radius 1 is 1.08 bits per heavy atom. The van der Waals surface area contributed by atoms with Crippen molar-refractivity contribution >= 4 is 17.7 Å². The van der Waals surface area contributed by atoms with E-state index in [-0.39, 0.29) is 22.8 Å². The summed E-state index contributed by atoms with van der Waals surface area (Å²) in [6.45, 7) is 3.00. The zero-order valence-electron chi connectivity index (χ0n) is 21.9. The zero-order chi connectivity index (χ0) is 27.7. The third-order valence-corrected chi connectivity index (χ3v) is 7.71. The SMILES string of the molecule is COc1c(O[C@@H]2O[C@H](C)[C@@H](O)[C@H](O)[C@H]2O)cc2c(c1OC)-c1ccc(SC)c(=O)cc1[C@@H](NC(C)=O)CC2. The first-order valence-corrected chi connectivity index (χ1v) is 13.5. The largest absolute Gasteiger partial charge is 0.492 e. The van der Waals surface area contributed by atoms with E-state index in [0.717, 1.165) is 5.56 Å². The van der Waals surface area contributed by atoms with E-state index < -0.39 is 36.7 Å². The lowest BCUT2D eigenvalue weighted by Crippen LogP contribution is -2.58. The minimum Gasteiger partial charge on any atom is -0.492 e. The minimum atomic E-state index is -1.51. The number of amides is 1. The van der Waals surface area contributed by atoms with Crippen molar-refractivity contribution in [3.63, 3.8) is 0 Å². The van der Waals surface area contributed by atoms with E-state index in [2.05, 4.69) is 5.32 Å². The van der Waals surface area contributed by atoms with Crippen molar-refractivity contribution in [3.05, 3.63) is 45.6 Å². The Morgan fingerprint density at radius 3 is 2.42 bits per heavy atom. The second-order valence-corrected chi connectivity index (χ2v) is 10.2. The molecule has 1 aliphatic carbocycles. The van der Waals surface area contributed by atoms with Crippen LogP contribution in [-0.2, 0) is 16.0 Å². The van der Waals surface area contributed by atoms with Gasteiger partial charge in [-0.05, 0) is 60.9 Å². The minimum absolute atomic E-state index is 0.151. The topological polar surface area (TPSA) is 144 Å². The van der Waals surface area contributed by atoms with Crippen LogP contribution in [0.4, 0.5) is 0 Å². The molecule has 1 aliphatic heterocycles. The van der Waals surface area contributed by atoms with Gasteiger partial charge < -0.3 is 39.6 Å². The highest BCUT2D eigenvalue weighted by Crippen LogP contribution is 2.50. The van der Waals surface area contributed by atoms with Crippen molar-refractivity contribution in [3.8, 4) is 28.4 Å². The second-order valence-electron chi connectivity index (χ2n) is 9.35. The normalized spacial score (nSPS) is 26.4. The molecule has 2 aromatic rings. The average molecular weight is 548 g/mol. The van der Waals surface area contributed by atoms with Crippen LogP contribution in [0.1, 0.15) is 37.4 Å². The Labute approximate surface area is 224 Å². The molecule has 0 unspecified atom stereocenters. The molecule has 10 nitrogen and oxygen atoms in total. The number of aliphatic hydroxyl groups is 3. The highest BCUT2D eigenvalue weighted by atomic mass is 32.2. The molecule has 2 aromatic carbocycles. The standard InChI is InChI=1S/C27H33NO9S/c1-12-22(31)23(32)24(33)27(36-12)37-19-10-14-6-8-17(28-13(2)29)16-11-18(30)20(38-5)9-7-15(16)21(14)26(35-4)25(19)34-3/h7,9-12,17,22-24,27,31-33H,6,8H2,1-5H3,(H,28,29)/t12-,17+,22-,23+,24-,27+/m1/s1. The fourth-order valence-electron chi connectivity index (χ4n) is 5.03. The number of aliphatic hydroxyl groups excluding tert-OH is 3. The lowest BCUT2D eigenvalue weighted by Gasteiger charge is -2.39. The quantitative estimate of drug-likeness (QED) is 0.395. The Kier molecular flexibility index (Phi) is 8.53. The summed E-state index contributed by atoms with van der Waals surface area (Å²) in [4.78, 5) is 25.6. The van der Waals surface area contributed by atoms with Gasteiger partial charge in [0.1, 0.15) is 18.3 Å². The van der Waals surface area contributed by atoms with Gasteiger partial charge in [-0.15, -0.1) is 11.8 Å². The molecule has 6 atom stereocenters. The van der Waals surface area contributed by atoms with E-state index in [4.69, 9.17) is 18.9 Å². The second kappa shape index (κ2) is 11.5. The lowest BCUT2D eigenvalue weighted by atomic mass is 9.95. The molecular weight excluding hydrogens is 514 g/mol. The van der Waals surface area contributed by atoms with Crippen LogP contribution >= 0.6 is 11.8 Å². The number of ether oxygens (including phenoxy) is 4. The first kappa shape index (κ1) is 28.2. The maximum atomic E-state index is 13.0. The summed E-state index contributed by atoms with van der Waals surface area (Å²) in [7, 11) is 2.93. The van der Waals surface area contributed by atoms with Gasteiger partial charge in [0.05, 0.1) is 31.3 Å². The molecule has 1 fully saturated rings. The van der Waals surface area contributed by atoms with E-state index in [0.29, 0.717) is 40.2 Å². The number of hydrogen-bond acceptors (Lipinski definition) is 10. The van der Waals surface area contributed by atoms with Gasteiger partial charge in [0.15, 0.2) is 16.9 Å². The number of fused-ring (bicyclic) bond motifs is 3. The summed E-state index contributed by atoms with van der Waals surface area (Å²) in [5.74, 6) is 0.547. The number of hydrogen-bond donors (Lipinski definition) is 4. The van der Waals surface area contributed by atoms with Crippen LogP contribution < -0.4 is 25.0 Å². The molecule has 206 valence electrons. The molecule has 1 saturated heterocycles. The average Bonchev–Trinajstić information content (AvgIpc) is 3.13. The van der Waals surface area contributed by atoms with Crippen molar-refractivity contribution in [2.45, 2.75) is 68.3 Å². The van der Waals surface area contributed by atoms with Gasteiger partial charge in [-0.3, -0.25) is 9.59 Å². The van der Waals surface area contributed by atoms with E-state index >= 15 is 0 Å². The molecular formula is C27H33NO9S. The number of carbonyl (C=O) groups excluding carboxylic acids is 1. The van der Waals surface area contributed by atoms with Crippen molar-refractivity contribution in [2.75, 3.05) is 20.5 Å². The van der Waals surface area contributed by atoms with Gasteiger partial charge in [0.25, 0.3) is 0 Å². The van der Waals surface area contributed by atoms with Crippen LogP contribution in [0.5, 0.6) is 17.2 Å². The van der Waals surface area contributed by atoms with Crippen LogP contribution in [0.15, 0.2) is 34.0 Å². The third-order valence-electron chi connectivity index (χ3n) is 6.93. The molecule has 1 heterocycles. The smallest absolute Gasteiger partial charge is 0.229 e. The molecule has 38 heavy (non-hydrogen) atoms. The van der Waals surface area contributed by atoms with Crippen LogP contribution in [0, 0.1) is 0 Å². The molecule has 0 saturated carbocycles. The number of thioether (sulfide) groups is 1. The molecule has 11 heteroatoms. The molecule has 4 rings (SSSR count). The molecule has 4 N–H and O–H groups in total. The Balaban J connectivity index is 1.90. The Hall–Kier alpha value is -2.83. The van der Waals surface area contributed by atoms with Gasteiger partial charge in [-0.2, -0.15) is 0 Å². The summed E-state index contributed by atoms with van der Waals surface area (Å²) < 4.78 is 23.2. The van der Waals surface area contributed by atoms with Gasteiger partial charge in [0.2, 0.25) is 17.9 Å². The fraction of sp³-hybridized carbons (Fsp3) is 0.481. The van der Waals surface area contributed by atoms with E-state index in [1.54, 1.807) is 25.1 Å². The van der Waals surface area contributed by atoms with Crippen molar-refractivity contribution in [2.24, 2.45) is 0 Å². The highest BCUT2D eigenvalue weighted by molar-refractivity contribution is 7.98. The summed E-state index contributed by atoms with van der Waals surface area (Å²) in [5, 5.41) is 33.8. The summed E-state index contributed by atoms with van der Waals surface area (Å²) >= 11 is 1.34.